The van der Waals surface area contributed by atoms with Gasteiger partial charge in [0.1, 0.15) is 104 Å². The number of ether oxygens (including phenoxy) is 8. The van der Waals surface area contributed by atoms with Crippen LogP contribution in [-0.4, -0.2) is 365 Å². The van der Waals surface area contributed by atoms with Gasteiger partial charge in [-0.3, -0.25) is 48.1 Å². The molecule has 0 unspecified atom stereocenters. The maximum Gasteiger partial charge on any atom is 0.364 e. The smallest absolute Gasteiger partial charge is 0.364 e. The van der Waals surface area contributed by atoms with E-state index < -0.39 is 270 Å². The lowest BCUT2D eigenvalue weighted by atomic mass is 9.88. The number of rotatable bonds is 42. The minimum atomic E-state index is -3.24. The van der Waals surface area contributed by atoms with E-state index in [0.29, 0.717) is 0 Å². The van der Waals surface area contributed by atoms with Crippen LogP contribution in [0.4, 0.5) is 0 Å². The number of aliphatic imine (C=N–C) groups is 1. The number of amides is 8. The fourth-order valence-corrected chi connectivity index (χ4v) is 11.0. The molecule has 4 fully saturated rings. The van der Waals surface area contributed by atoms with Crippen LogP contribution in [0.2, 0.25) is 0 Å². The molecule has 4 aliphatic heterocycles. The highest BCUT2D eigenvalue weighted by molar-refractivity contribution is 5.95. The number of hydrogen-bond acceptors (Lipinski definition) is 34. The van der Waals surface area contributed by atoms with E-state index >= 15 is 0 Å². The van der Waals surface area contributed by atoms with Gasteiger partial charge in [0.2, 0.25) is 47.3 Å². The van der Waals surface area contributed by atoms with Gasteiger partial charge in [-0.15, -0.1) is 0 Å². The summed E-state index contributed by atoms with van der Waals surface area (Å²) < 4.78 is 46.5. The average Bonchev–Trinajstić information content (AvgIpc) is 0.754. The van der Waals surface area contributed by atoms with Gasteiger partial charge < -0.3 is 179 Å². The highest BCUT2D eigenvalue weighted by atomic mass is 16.8. The van der Waals surface area contributed by atoms with E-state index in [1.165, 1.54) is 0 Å². The molecule has 0 aromatic heterocycles. The third-order valence-electron chi connectivity index (χ3n) is 16.4. The lowest BCUT2D eigenvalue weighted by Crippen LogP contribution is -2.71. The highest BCUT2D eigenvalue weighted by Crippen LogP contribution is 2.39. The number of carboxylic acids is 3. The van der Waals surface area contributed by atoms with E-state index in [2.05, 4.69) is 36.9 Å². The molecule has 4 heterocycles. The average molecular weight is 1510 g/mol. The first-order chi connectivity index (χ1) is 48.9. The molecule has 8 amide bonds. The van der Waals surface area contributed by atoms with Crippen molar-refractivity contribution in [3.05, 3.63) is 0 Å². The fourth-order valence-electron chi connectivity index (χ4n) is 11.0. The maximum atomic E-state index is 13.2. The molecule has 0 aromatic carbocycles. The Morgan fingerprint density at radius 1 is 0.596 bits per heavy atom. The van der Waals surface area contributed by atoms with Gasteiger partial charge >= 0.3 is 17.9 Å². The lowest BCUT2D eigenvalue weighted by molar-refractivity contribution is -0.397. The number of nitrogens with two attached hydrogens (primary N) is 3. The summed E-state index contributed by atoms with van der Waals surface area (Å²) in [7, 11) is 0. The molecule has 4 saturated heterocycles. The Kier molecular flexibility index (Phi) is 36.5. The van der Waals surface area contributed by atoms with Crippen LogP contribution in [-0.2, 0) is 90.6 Å². The number of aliphatic hydroxyl groups is 13. The molecule has 0 bridgehead atoms. The molecule has 0 radical (unpaired) electrons. The predicted molar refractivity (Wildman–Crippen MR) is 336 cm³/mol. The van der Waals surface area contributed by atoms with Crippen molar-refractivity contribution in [2.45, 2.75) is 224 Å². The second-order valence-electron chi connectivity index (χ2n) is 24.4. The van der Waals surface area contributed by atoms with E-state index in [4.69, 9.17) is 60.2 Å². The Hall–Kier alpha value is -7.44. The van der Waals surface area contributed by atoms with Crippen molar-refractivity contribution >= 4 is 71.1 Å². The Morgan fingerprint density at radius 2 is 1.19 bits per heavy atom. The van der Waals surface area contributed by atoms with Gasteiger partial charge in [-0.1, -0.05) is 0 Å². The number of carboxylic acid groups (broad SMARTS) is 3. The molecule has 0 spiro atoms. The van der Waals surface area contributed by atoms with Crippen molar-refractivity contribution in [1.29, 1.82) is 0 Å². The summed E-state index contributed by atoms with van der Waals surface area (Å²) in [6.45, 7) is -4.46. The van der Waals surface area contributed by atoms with Gasteiger partial charge in [0.25, 0.3) is 5.79 Å². The number of unbranched alkanes of at least 4 members (excludes halogenated alkanes) is 1. The molecule has 4 aliphatic rings. The molecule has 47 nitrogen and oxygen atoms in total. The van der Waals surface area contributed by atoms with Crippen LogP contribution >= 0.6 is 0 Å². The molecular formula is C57H96N12O35. The van der Waals surface area contributed by atoms with Crippen LogP contribution in [0.3, 0.4) is 0 Å². The minimum Gasteiger partial charge on any atom is -0.481 e. The number of hydrogen-bond donors (Lipinski definition) is 27. The van der Waals surface area contributed by atoms with Gasteiger partial charge in [0, 0.05) is 39.8 Å². The number of carbonyl (C=O) groups excluding carboxylic acids is 8. The quantitative estimate of drug-likeness (QED) is 0.0153. The van der Waals surface area contributed by atoms with Crippen molar-refractivity contribution in [1.82, 2.24) is 42.5 Å². The summed E-state index contributed by atoms with van der Waals surface area (Å²) in [6.07, 6.45) is -40.2. The zero-order valence-electron chi connectivity index (χ0n) is 56.2. The van der Waals surface area contributed by atoms with Gasteiger partial charge in [-0.05, 0) is 38.5 Å². The van der Waals surface area contributed by atoms with Crippen LogP contribution < -0.4 is 59.7 Å². The van der Waals surface area contributed by atoms with Gasteiger partial charge in [-0.2, -0.15) is 0 Å². The summed E-state index contributed by atoms with van der Waals surface area (Å²) in [5.41, 5.74) is 16.8. The van der Waals surface area contributed by atoms with Gasteiger partial charge in [0.05, 0.1) is 70.7 Å². The Balaban J connectivity index is 1.39. The molecule has 25 atom stereocenters. The van der Waals surface area contributed by atoms with Crippen LogP contribution in [0.15, 0.2) is 4.99 Å². The molecule has 0 saturated carbocycles. The first-order valence-electron chi connectivity index (χ1n) is 32.5. The molecule has 4 rings (SSSR count). The minimum absolute atomic E-state index is 0.0173. The zero-order chi connectivity index (χ0) is 78.0. The number of guanidine groups is 1. The van der Waals surface area contributed by atoms with E-state index in [0.717, 1.165) is 13.8 Å². The number of aliphatic carboxylic acids is 3. The molecule has 594 valence electrons. The summed E-state index contributed by atoms with van der Waals surface area (Å²) in [4.78, 5) is 142. The Bertz CT molecular complexity index is 2890. The monoisotopic (exact) mass is 1510 g/mol. The van der Waals surface area contributed by atoms with E-state index in [1.54, 1.807) is 0 Å². The zero-order valence-corrected chi connectivity index (χ0v) is 56.2. The number of aliphatic hydroxyl groups excluding tert-OH is 13. The summed E-state index contributed by atoms with van der Waals surface area (Å²) >= 11 is 0. The molecule has 0 aromatic rings. The number of carbonyl (C=O) groups is 11. The van der Waals surface area contributed by atoms with Gasteiger partial charge in [-0.25, -0.2) is 9.59 Å². The standard InChI is InChI=1S/C57H96N12O35/c1-21(74)65-35-27(76)14-57(55(95)96,103-44(35)37(83)28(77)18-71)104-46-38(84)29(19-72)98-54(42(46)88)100-43-30(20-73)99-52(36(66-22(2)75)45(43)101-53-41(87)39(85)40(86)51(94)102-53)97-12-6-9-31(78)61-10-4-3-7-23(58)47(89)63-15-32(79)67-24(8-5-11-62-56(59)60)48(90)64-16-33(80)68-25(13-34(81)82)49(91)69-26(17-70)50(92)93/h23-30,35-46,51-54,70-73,76-77,83-88,94H,3-20,58H2,1-2H3,(H,61,78)(H,63,89)(H,64,90)(H,65,74)(H,66,75)(H,67,79)(H,68,80)(H,69,91)(H,81,82)(H,92,93)(H,95,96)(H4,59,60,62)/t23-,24-,25-,26-,27-,28+,29+,30+,35+,36+,37+,38-,39+,40-,41-,42+,43+,44+,45+,46-,51+,52+,53+,54-,57-/m0/s1. The number of nitrogens with one attached hydrogen (secondary N) is 8. The third kappa shape index (κ3) is 26.3. The van der Waals surface area contributed by atoms with E-state index in [9.17, 15) is 129 Å². The van der Waals surface area contributed by atoms with Crippen molar-refractivity contribution in [3.8, 4) is 0 Å². The molecule has 0 aliphatic carbocycles. The predicted octanol–water partition coefficient (Wildman–Crippen LogP) is -15.6. The largest absolute Gasteiger partial charge is 0.481 e. The van der Waals surface area contributed by atoms with Crippen molar-refractivity contribution < 1.29 is 172 Å². The third-order valence-corrected chi connectivity index (χ3v) is 16.4. The fraction of sp³-hybridized carbons (Fsp3) is 0.789. The second kappa shape index (κ2) is 42.6. The summed E-state index contributed by atoms with van der Waals surface area (Å²) in [5, 5.41) is 186. The Labute approximate surface area is 590 Å². The van der Waals surface area contributed by atoms with Crippen LogP contribution in [0.1, 0.15) is 71.6 Å². The summed E-state index contributed by atoms with van der Waals surface area (Å²) in [5.74, 6) is -16.2. The molecule has 47 heteroatoms. The van der Waals surface area contributed by atoms with Crippen molar-refractivity contribution in [3.63, 3.8) is 0 Å². The SMILES string of the molecule is CC(=O)N[C@H]1[C@H](OCCCC(=O)NCCCC[C@H](N)C(=O)NCC(=O)N[C@@H](CCCN=C(N)N)C(=O)NCC(=O)N[C@@H](CC(=O)O)C(=O)N[C@@H](CO)C(=O)O)O[C@H](CO)[C@@H](O[C@@H]2O[C@H](CO)[C@H](O)[C@H](O[C@]3(C(=O)O)C[C@H](O)[C@@H](NC(C)=O)[C@H]([C@H](O)[C@H](O)CO)O3)[C@H]2O)[C@@H]1O[C@@H]1O[C@@H](O)[C@@H](O)[C@@H](O)[C@@H]1O. The number of nitrogens with zero attached hydrogens (tertiary/aromatic N) is 1. The Morgan fingerprint density at radius 3 is 1.77 bits per heavy atom. The van der Waals surface area contributed by atoms with Crippen molar-refractivity contribution in [2.75, 3.05) is 59.2 Å². The molecular weight excluding hydrogens is 1410 g/mol. The molecule has 104 heavy (non-hydrogen) atoms. The van der Waals surface area contributed by atoms with Crippen LogP contribution in [0.5, 0.6) is 0 Å². The first kappa shape index (κ1) is 89.0. The topological polar surface area (TPSA) is 772 Å². The van der Waals surface area contributed by atoms with Crippen LogP contribution in [0.25, 0.3) is 0 Å². The van der Waals surface area contributed by atoms with E-state index in [-0.39, 0.29) is 70.6 Å². The lowest BCUT2D eigenvalue weighted by Gasteiger charge is -2.51. The van der Waals surface area contributed by atoms with Gasteiger partial charge in [0.15, 0.2) is 31.1 Å². The second-order valence-corrected chi connectivity index (χ2v) is 24.4. The molecule has 30 N–H and O–H groups in total. The van der Waals surface area contributed by atoms with Crippen molar-refractivity contribution in [2.24, 2.45) is 22.2 Å². The normalized spacial score (nSPS) is 30.8. The first-order valence-corrected chi connectivity index (χ1v) is 32.5. The summed E-state index contributed by atoms with van der Waals surface area (Å²) in [6, 6.07) is -9.69. The van der Waals surface area contributed by atoms with E-state index in [1.807, 2.05) is 10.6 Å². The maximum absolute atomic E-state index is 13.2. The van der Waals surface area contributed by atoms with Crippen LogP contribution in [0, 0.1) is 0 Å². The highest BCUT2D eigenvalue weighted by Gasteiger charge is 2.61.